The zero-order valence-corrected chi connectivity index (χ0v) is 12.4. The van der Waals surface area contributed by atoms with Crippen molar-refractivity contribution in [2.45, 2.75) is 19.8 Å². The van der Waals surface area contributed by atoms with E-state index in [9.17, 15) is 4.79 Å². The lowest BCUT2D eigenvalue weighted by molar-refractivity contribution is -0.120. The van der Waals surface area contributed by atoms with Gasteiger partial charge in [0, 0.05) is 19.5 Å². The molecule has 0 bridgehead atoms. The highest BCUT2D eigenvalue weighted by molar-refractivity contribution is 5.85. The predicted molar refractivity (Wildman–Crippen MR) is 80.1 cm³/mol. The Balaban J connectivity index is 0.00000324. The molecular formula is C14H23ClN2O2. The Labute approximate surface area is 121 Å². The van der Waals surface area contributed by atoms with Gasteiger partial charge in [-0.25, -0.2) is 0 Å². The summed E-state index contributed by atoms with van der Waals surface area (Å²) < 4.78 is 5.54. The summed E-state index contributed by atoms with van der Waals surface area (Å²) in [5.74, 6) is 0.989. The van der Waals surface area contributed by atoms with E-state index in [-0.39, 0.29) is 18.3 Å². The number of hydrogen-bond donors (Lipinski definition) is 2. The first-order valence-corrected chi connectivity index (χ1v) is 6.40. The van der Waals surface area contributed by atoms with Crippen LogP contribution in [0.4, 0.5) is 0 Å². The SMILES string of the molecule is CCOc1ccccc1CCNC(=O)CCNC.Cl. The normalized spacial score (nSPS) is 9.58. The molecule has 0 aliphatic rings. The quantitative estimate of drug-likeness (QED) is 0.766. The Kier molecular flexibility index (Phi) is 9.94. The maximum Gasteiger partial charge on any atom is 0.221 e. The molecule has 2 N–H and O–H groups in total. The van der Waals surface area contributed by atoms with Crippen LogP contribution in [0.1, 0.15) is 18.9 Å². The molecule has 0 saturated heterocycles. The fraction of sp³-hybridized carbons (Fsp3) is 0.500. The van der Waals surface area contributed by atoms with Crippen LogP contribution in [-0.2, 0) is 11.2 Å². The Hall–Kier alpha value is -1.26. The lowest BCUT2D eigenvalue weighted by Gasteiger charge is -2.10. The van der Waals surface area contributed by atoms with Crippen molar-refractivity contribution in [3.8, 4) is 5.75 Å². The summed E-state index contributed by atoms with van der Waals surface area (Å²) in [5, 5.41) is 5.85. The molecule has 1 aromatic rings. The maximum atomic E-state index is 11.4. The summed E-state index contributed by atoms with van der Waals surface area (Å²) in [5.41, 5.74) is 1.13. The Morgan fingerprint density at radius 2 is 2.00 bits per heavy atom. The van der Waals surface area contributed by atoms with Gasteiger partial charge in [0.25, 0.3) is 0 Å². The molecule has 5 heteroatoms. The number of nitrogens with one attached hydrogen (secondary N) is 2. The molecule has 0 spiro atoms. The average molecular weight is 287 g/mol. The van der Waals surface area contributed by atoms with Crippen LogP contribution in [0.5, 0.6) is 5.75 Å². The van der Waals surface area contributed by atoms with Crippen LogP contribution < -0.4 is 15.4 Å². The van der Waals surface area contributed by atoms with E-state index in [1.165, 1.54) is 0 Å². The molecule has 0 radical (unpaired) electrons. The molecule has 0 atom stereocenters. The predicted octanol–water partition coefficient (Wildman–Crippen LogP) is 1.78. The van der Waals surface area contributed by atoms with E-state index in [0.29, 0.717) is 26.1 Å². The fourth-order valence-corrected chi connectivity index (χ4v) is 1.67. The highest BCUT2D eigenvalue weighted by Crippen LogP contribution is 2.17. The third-order valence-corrected chi connectivity index (χ3v) is 2.59. The van der Waals surface area contributed by atoms with Crippen LogP contribution in [-0.4, -0.2) is 32.7 Å². The average Bonchev–Trinajstić information content (AvgIpc) is 2.38. The van der Waals surface area contributed by atoms with Gasteiger partial charge in [-0.1, -0.05) is 18.2 Å². The molecule has 0 unspecified atom stereocenters. The summed E-state index contributed by atoms with van der Waals surface area (Å²) in [6, 6.07) is 7.94. The second-order valence-electron chi connectivity index (χ2n) is 3.99. The third-order valence-electron chi connectivity index (χ3n) is 2.59. The molecule has 4 nitrogen and oxygen atoms in total. The summed E-state index contributed by atoms with van der Waals surface area (Å²) in [7, 11) is 1.84. The summed E-state index contributed by atoms with van der Waals surface area (Å²) in [6.07, 6.45) is 1.31. The van der Waals surface area contributed by atoms with Crippen LogP contribution in [0, 0.1) is 0 Å². The van der Waals surface area contributed by atoms with Gasteiger partial charge in [-0.05, 0) is 32.0 Å². The van der Waals surface area contributed by atoms with Crippen LogP contribution in [0.2, 0.25) is 0 Å². The summed E-state index contributed by atoms with van der Waals surface area (Å²) >= 11 is 0. The van der Waals surface area contributed by atoms with Gasteiger partial charge in [0.1, 0.15) is 5.75 Å². The summed E-state index contributed by atoms with van der Waals surface area (Å²) in [6.45, 7) is 3.98. The fourth-order valence-electron chi connectivity index (χ4n) is 1.67. The zero-order chi connectivity index (χ0) is 13.2. The van der Waals surface area contributed by atoms with Crippen LogP contribution in [0.3, 0.4) is 0 Å². The molecule has 0 aliphatic heterocycles. The molecule has 0 saturated carbocycles. The van der Waals surface area contributed by atoms with Gasteiger partial charge >= 0.3 is 0 Å². The van der Waals surface area contributed by atoms with Crippen molar-refractivity contribution < 1.29 is 9.53 Å². The van der Waals surface area contributed by atoms with Crippen LogP contribution >= 0.6 is 12.4 Å². The lowest BCUT2D eigenvalue weighted by atomic mass is 10.1. The van der Waals surface area contributed by atoms with Crippen molar-refractivity contribution in [1.29, 1.82) is 0 Å². The molecule has 1 aromatic carbocycles. The van der Waals surface area contributed by atoms with Crippen LogP contribution in [0.25, 0.3) is 0 Å². The van der Waals surface area contributed by atoms with Gasteiger partial charge in [-0.2, -0.15) is 0 Å². The number of benzene rings is 1. The molecule has 19 heavy (non-hydrogen) atoms. The molecule has 0 heterocycles. The minimum absolute atomic E-state index is 0. The standard InChI is InChI=1S/C14H22N2O2.ClH/c1-3-18-13-7-5-4-6-12(13)8-11-16-14(17)9-10-15-2;/h4-7,15H,3,8-11H2,1-2H3,(H,16,17);1H. The smallest absolute Gasteiger partial charge is 0.221 e. The Morgan fingerprint density at radius 1 is 1.26 bits per heavy atom. The third kappa shape index (κ3) is 7.03. The van der Waals surface area contributed by atoms with Crippen molar-refractivity contribution in [2.75, 3.05) is 26.7 Å². The molecule has 1 rings (SSSR count). The number of carbonyl (C=O) groups is 1. The number of rotatable bonds is 8. The second-order valence-corrected chi connectivity index (χ2v) is 3.99. The minimum Gasteiger partial charge on any atom is -0.494 e. The van der Waals surface area contributed by atoms with Crippen molar-refractivity contribution >= 4 is 18.3 Å². The van der Waals surface area contributed by atoms with Gasteiger partial charge in [0.15, 0.2) is 0 Å². The van der Waals surface area contributed by atoms with Crippen molar-refractivity contribution in [3.63, 3.8) is 0 Å². The van der Waals surface area contributed by atoms with Crippen molar-refractivity contribution in [3.05, 3.63) is 29.8 Å². The monoisotopic (exact) mass is 286 g/mol. The topological polar surface area (TPSA) is 50.4 Å². The Bertz CT molecular complexity index is 372. The molecule has 108 valence electrons. The molecule has 1 amide bonds. The number of ether oxygens (including phenoxy) is 1. The number of halogens is 1. The second kappa shape index (κ2) is 10.6. The first-order chi connectivity index (χ1) is 8.77. The number of para-hydroxylation sites is 1. The van der Waals surface area contributed by atoms with E-state index in [2.05, 4.69) is 10.6 Å². The lowest BCUT2D eigenvalue weighted by Crippen LogP contribution is -2.28. The minimum atomic E-state index is 0. The first-order valence-electron chi connectivity index (χ1n) is 6.40. The van der Waals surface area contributed by atoms with E-state index < -0.39 is 0 Å². The Morgan fingerprint density at radius 3 is 2.68 bits per heavy atom. The molecular weight excluding hydrogens is 264 g/mol. The highest BCUT2D eigenvalue weighted by atomic mass is 35.5. The first kappa shape index (κ1) is 17.7. The van der Waals surface area contributed by atoms with E-state index in [4.69, 9.17) is 4.74 Å². The molecule has 0 fully saturated rings. The highest BCUT2D eigenvalue weighted by Gasteiger charge is 2.03. The van der Waals surface area contributed by atoms with Gasteiger partial charge in [0.05, 0.1) is 6.61 Å². The van der Waals surface area contributed by atoms with Crippen molar-refractivity contribution in [2.24, 2.45) is 0 Å². The molecule has 0 aliphatic carbocycles. The van der Waals surface area contributed by atoms with Gasteiger partial charge < -0.3 is 15.4 Å². The largest absolute Gasteiger partial charge is 0.494 e. The van der Waals surface area contributed by atoms with Gasteiger partial charge in [-0.3, -0.25) is 4.79 Å². The number of amides is 1. The molecule has 0 aromatic heterocycles. The van der Waals surface area contributed by atoms with Gasteiger partial charge in [0.2, 0.25) is 5.91 Å². The van der Waals surface area contributed by atoms with E-state index in [0.717, 1.165) is 17.7 Å². The number of hydrogen-bond acceptors (Lipinski definition) is 3. The summed E-state index contributed by atoms with van der Waals surface area (Å²) in [4.78, 5) is 11.4. The van der Waals surface area contributed by atoms with Crippen LogP contribution in [0.15, 0.2) is 24.3 Å². The van der Waals surface area contributed by atoms with Crippen molar-refractivity contribution in [1.82, 2.24) is 10.6 Å². The zero-order valence-electron chi connectivity index (χ0n) is 11.6. The van der Waals surface area contributed by atoms with E-state index in [1.54, 1.807) is 0 Å². The van der Waals surface area contributed by atoms with Gasteiger partial charge in [-0.15, -0.1) is 12.4 Å². The van der Waals surface area contributed by atoms with E-state index >= 15 is 0 Å². The number of carbonyl (C=O) groups excluding carboxylic acids is 1. The van der Waals surface area contributed by atoms with E-state index in [1.807, 2.05) is 38.2 Å². The maximum absolute atomic E-state index is 11.4.